The van der Waals surface area contributed by atoms with E-state index in [1.165, 1.54) is 6.42 Å². The third-order valence-corrected chi connectivity index (χ3v) is 1.79. The normalized spacial score (nSPS) is 12.8. The van der Waals surface area contributed by atoms with E-state index in [-0.39, 0.29) is 6.04 Å². The molecule has 0 fully saturated rings. The zero-order valence-electron chi connectivity index (χ0n) is 7.40. The second kappa shape index (κ2) is 4.83. The van der Waals surface area contributed by atoms with Crippen LogP contribution in [0.15, 0.2) is 18.5 Å². The quantitative estimate of drug-likeness (QED) is 0.738. The van der Waals surface area contributed by atoms with Crippen molar-refractivity contribution in [2.45, 2.75) is 32.2 Å². The van der Waals surface area contributed by atoms with Crippen LogP contribution in [0.1, 0.15) is 38.1 Å². The summed E-state index contributed by atoms with van der Waals surface area (Å²) in [7, 11) is 0. The van der Waals surface area contributed by atoms with Gasteiger partial charge in [0.1, 0.15) is 5.82 Å². The molecule has 0 unspecified atom stereocenters. The predicted molar refractivity (Wildman–Crippen MR) is 48.5 cm³/mol. The number of nitrogens with zero attached hydrogens (tertiary/aromatic N) is 2. The highest BCUT2D eigenvalue weighted by Gasteiger charge is 2.06. The van der Waals surface area contributed by atoms with Gasteiger partial charge in [-0.05, 0) is 12.5 Å². The summed E-state index contributed by atoms with van der Waals surface area (Å²) in [6, 6.07) is 1.81. The molecule has 0 aromatic carbocycles. The summed E-state index contributed by atoms with van der Waals surface area (Å²) >= 11 is 0. The van der Waals surface area contributed by atoms with Gasteiger partial charge in [-0.1, -0.05) is 19.8 Å². The number of aromatic nitrogens is 2. The SMILES string of the molecule is CCCC[C@H](N)c1ncccn1. The van der Waals surface area contributed by atoms with Gasteiger partial charge in [-0.25, -0.2) is 9.97 Å². The van der Waals surface area contributed by atoms with Crippen molar-refractivity contribution in [3.05, 3.63) is 24.3 Å². The van der Waals surface area contributed by atoms with Gasteiger partial charge in [0.15, 0.2) is 0 Å². The molecule has 1 heterocycles. The number of nitrogens with two attached hydrogens (primary N) is 1. The van der Waals surface area contributed by atoms with E-state index in [0.717, 1.165) is 18.7 Å². The van der Waals surface area contributed by atoms with E-state index >= 15 is 0 Å². The Balaban J connectivity index is 2.48. The largest absolute Gasteiger partial charge is 0.321 e. The van der Waals surface area contributed by atoms with Crippen molar-refractivity contribution in [1.29, 1.82) is 0 Å². The summed E-state index contributed by atoms with van der Waals surface area (Å²) in [5.74, 6) is 0.756. The van der Waals surface area contributed by atoms with Gasteiger partial charge in [0.2, 0.25) is 0 Å². The molecule has 66 valence electrons. The number of unbranched alkanes of at least 4 members (excludes halogenated alkanes) is 1. The first-order valence-corrected chi connectivity index (χ1v) is 4.37. The molecule has 1 aromatic rings. The van der Waals surface area contributed by atoms with Gasteiger partial charge in [0.05, 0.1) is 6.04 Å². The van der Waals surface area contributed by atoms with Crippen LogP contribution in [-0.4, -0.2) is 9.97 Å². The summed E-state index contributed by atoms with van der Waals surface area (Å²) in [5.41, 5.74) is 5.86. The molecule has 3 heteroatoms. The van der Waals surface area contributed by atoms with E-state index in [9.17, 15) is 0 Å². The molecule has 0 radical (unpaired) electrons. The Labute approximate surface area is 73.0 Å². The van der Waals surface area contributed by atoms with Crippen LogP contribution < -0.4 is 5.73 Å². The average molecular weight is 165 g/mol. The summed E-state index contributed by atoms with van der Waals surface area (Å²) in [4.78, 5) is 8.19. The highest BCUT2D eigenvalue weighted by molar-refractivity contribution is 4.94. The van der Waals surface area contributed by atoms with Gasteiger partial charge < -0.3 is 5.73 Å². The second-order valence-corrected chi connectivity index (χ2v) is 2.86. The first kappa shape index (κ1) is 9.13. The molecule has 1 atom stereocenters. The molecule has 0 spiro atoms. The molecular formula is C9H15N3. The lowest BCUT2D eigenvalue weighted by Gasteiger charge is -2.07. The topological polar surface area (TPSA) is 51.8 Å². The molecule has 3 nitrogen and oxygen atoms in total. The lowest BCUT2D eigenvalue weighted by molar-refractivity contribution is 0.575. The molecule has 0 saturated heterocycles. The maximum Gasteiger partial charge on any atom is 0.144 e. The fourth-order valence-corrected chi connectivity index (χ4v) is 1.06. The van der Waals surface area contributed by atoms with Gasteiger partial charge in [-0.15, -0.1) is 0 Å². The van der Waals surface area contributed by atoms with Crippen LogP contribution in [0.5, 0.6) is 0 Å². The zero-order valence-corrected chi connectivity index (χ0v) is 7.40. The van der Waals surface area contributed by atoms with Gasteiger partial charge >= 0.3 is 0 Å². The van der Waals surface area contributed by atoms with Gasteiger partial charge in [-0.2, -0.15) is 0 Å². The molecule has 12 heavy (non-hydrogen) atoms. The molecular weight excluding hydrogens is 150 g/mol. The van der Waals surface area contributed by atoms with Crippen molar-refractivity contribution in [3.63, 3.8) is 0 Å². The summed E-state index contributed by atoms with van der Waals surface area (Å²) in [6.07, 6.45) is 6.74. The second-order valence-electron chi connectivity index (χ2n) is 2.86. The maximum absolute atomic E-state index is 5.86. The van der Waals surface area contributed by atoms with Crippen LogP contribution >= 0.6 is 0 Å². The van der Waals surface area contributed by atoms with E-state index in [4.69, 9.17) is 5.73 Å². The Kier molecular flexibility index (Phi) is 3.67. The molecule has 1 rings (SSSR count). The minimum atomic E-state index is 0.00569. The van der Waals surface area contributed by atoms with Crippen molar-refractivity contribution in [2.75, 3.05) is 0 Å². The minimum absolute atomic E-state index is 0.00569. The molecule has 2 N–H and O–H groups in total. The minimum Gasteiger partial charge on any atom is -0.321 e. The first-order valence-electron chi connectivity index (χ1n) is 4.37. The van der Waals surface area contributed by atoms with Crippen molar-refractivity contribution in [1.82, 2.24) is 9.97 Å². The first-order chi connectivity index (χ1) is 5.84. The highest BCUT2D eigenvalue weighted by Crippen LogP contribution is 2.10. The Morgan fingerprint density at radius 2 is 2.08 bits per heavy atom. The van der Waals surface area contributed by atoms with E-state index in [1.54, 1.807) is 18.5 Å². The highest BCUT2D eigenvalue weighted by atomic mass is 14.9. The third kappa shape index (κ3) is 2.58. The lowest BCUT2D eigenvalue weighted by atomic mass is 10.1. The predicted octanol–water partition coefficient (Wildman–Crippen LogP) is 1.67. The molecule has 0 aliphatic carbocycles. The van der Waals surface area contributed by atoms with E-state index < -0.39 is 0 Å². The van der Waals surface area contributed by atoms with Crippen molar-refractivity contribution < 1.29 is 0 Å². The molecule has 1 aromatic heterocycles. The average Bonchev–Trinajstić information content (AvgIpc) is 2.15. The number of rotatable bonds is 4. The van der Waals surface area contributed by atoms with Crippen LogP contribution in [0.2, 0.25) is 0 Å². The van der Waals surface area contributed by atoms with Crippen molar-refractivity contribution in [3.8, 4) is 0 Å². The Hall–Kier alpha value is -0.960. The van der Waals surface area contributed by atoms with Crippen LogP contribution in [0.4, 0.5) is 0 Å². The summed E-state index contributed by atoms with van der Waals surface area (Å²) in [5, 5.41) is 0. The summed E-state index contributed by atoms with van der Waals surface area (Å²) < 4.78 is 0. The molecule has 0 amide bonds. The smallest absolute Gasteiger partial charge is 0.144 e. The van der Waals surface area contributed by atoms with Crippen LogP contribution in [0.25, 0.3) is 0 Å². The number of hydrogen-bond acceptors (Lipinski definition) is 3. The molecule has 0 aliphatic rings. The fraction of sp³-hybridized carbons (Fsp3) is 0.556. The van der Waals surface area contributed by atoms with Crippen molar-refractivity contribution >= 4 is 0 Å². The lowest BCUT2D eigenvalue weighted by Crippen LogP contribution is -2.13. The van der Waals surface area contributed by atoms with Crippen LogP contribution in [-0.2, 0) is 0 Å². The Bertz CT molecular complexity index is 210. The summed E-state index contributed by atoms with van der Waals surface area (Å²) in [6.45, 7) is 2.15. The maximum atomic E-state index is 5.86. The third-order valence-electron chi connectivity index (χ3n) is 1.79. The Morgan fingerprint density at radius 1 is 1.42 bits per heavy atom. The standard InChI is InChI=1S/C9H15N3/c1-2-3-5-8(10)9-11-6-4-7-12-9/h4,6-8H,2-3,5,10H2,1H3/t8-/m0/s1. The van der Waals surface area contributed by atoms with Gasteiger partial charge in [-0.3, -0.25) is 0 Å². The zero-order chi connectivity index (χ0) is 8.81. The van der Waals surface area contributed by atoms with Gasteiger partial charge in [0, 0.05) is 12.4 Å². The molecule has 0 bridgehead atoms. The Morgan fingerprint density at radius 3 is 2.67 bits per heavy atom. The van der Waals surface area contributed by atoms with E-state index in [1.807, 2.05) is 0 Å². The van der Waals surface area contributed by atoms with Gasteiger partial charge in [0.25, 0.3) is 0 Å². The molecule has 0 saturated carbocycles. The van der Waals surface area contributed by atoms with E-state index in [0.29, 0.717) is 0 Å². The monoisotopic (exact) mass is 165 g/mol. The van der Waals surface area contributed by atoms with E-state index in [2.05, 4.69) is 16.9 Å². The number of hydrogen-bond donors (Lipinski definition) is 1. The fourth-order valence-electron chi connectivity index (χ4n) is 1.06. The van der Waals surface area contributed by atoms with Crippen molar-refractivity contribution in [2.24, 2.45) is 5.73 Å². The van der Waals surface area contributed by atoms with Crippen LogP contribution in [0, 0.1) is 0 Å². The van der Waals surface area contributed by atoms with Crippen LogP contribution in [0.3, 0.4) is 0 Å². The molecule has 0 aliphatic heterocycles.